The van der Waals surface area contributed by atoms with Gasteiger partial charge in [-0.1, -0.05) is 60.7 Å². The van der Waals surface area contributed by atoms with Crippen LogP contribution in [-0.2, 0) is 46.4 Å². The first kappa shape index (κ1) is 44.1. The lowest BCUT2D eigenvalue weighted by atomic mass is 9.99. The Morgan fingerprint density at radius 3 is 2.18 bits per heavy atom. The summed E-state index contributed by atoms with van der Waals surface area (Å²) < 4.78 is 0. The number of hydrogen-bond donors (Lipinski definition) is 10. The number of primary amides is 1. The number of benzene rings is 3. The fourth-order valence-corrected chi connectivity index (χ4v) is 7.10. The van der Waals surface area contributed by atoms with E-state index in [1.54, 1.807) is 6.20 Å². The Hall–Kier alpha value is -6.98. The van der Waals surface area contributed by atoms with Crippen LogP contribution in [0.2, 0.25) is 0 Å². The summed E-state index contributed by atoms with van der Waals surface area (Å²) in [5.74, 6) is -5.07. The Kier molecular flexibility index (Phi) is 15.6. The van der Waals surface area contributed by atoms with Crippen LogP contribution in [0.5, 0.6) is 0 Å². The van der Waals surface area contributed by atoms with E-state index in [2.05, 4.69) is 41.9 Å². The van der Waals surface area contributed by atoms with E-state index in [1.807, 2.05) is 66.7 Å². The highest BCUT2D eigenvalue weighted by Gasteiger charge is 2.33. The predicted molar refractivity (Wildman–Crippen MR) is 226 cm³/mol. The highest BCUT2D eigenvalue weighted by atomic mass is 16.2. The standard InChI is InChI=1S/C42H53N11O7/c1-24(54)49-35-22-36(55)46-17-7-6-13-31(37(43)56)50-40(59)34(21-28-23-48-30-12-5-4-11-29(28)30)53-38(57)32(14-8-18-47-42(44)45)51-39(58)33(52-41(35)60)20-25-15-16-26-9-2-3-10-27(26)19-25/h2-5,9-12,15-16,19,23,31-35,48H,6-8,13-14,17-18,20-22H2,1H3,(H2,43,56)(H,46,55)(H,49,54)(H,50,59)(H,51,58)(H,52,60)(H,53,57)(H4,44,45,47)/t31-,32-,33+,34-,35?/m0/s1. The van der Waals surface area contributed by atoms with Crippen LogP contribution in [0.1, 0.15) is 56.6 Å². The fourth-order valence-electron chi connectivity index (χ4n) is 7.10. The number of carbonyl (C=O) groups is 7. The molecule has 2 heterocycles. The van der Waals surface area contributed by atoms with E-state index in [1.165, 1.54) is 6.92 Å². The van der Waals surface area contributed by atoms with Crippen molar-refractivity contribution < 1.29 is 33.6 Å². The maximum atomic E-state index is 14.4. The number of guanidine groups is 1. The number of amides is 7. The van der Waals surface area contributed by atoms with E-state index in [0.29, 0.717) is 24.0 Å². The van der Waals surface area contributed by atoms with Crippen molar-refractivity contribution >= 4 is 69.0 Å². The molecular weight excluding hydrogens is 771 g/mol. The summed E-state index contributed by atoms with van der Waals surface area (Å²) in [7, 11) is 0. The molecule has 0 aliphatic carbocycles. The third kappa shape index (κ3) is 12.8. The second-order valence-electron chi connectivity index (χ2n) is 14.8. The number of carbonyl (C=O) groups excluding carboxylic acids is 7. The average molecular weight is 824 g/mol. The lowest BCUT2D eigenvalue weighted by Crippen LogP contribution is -2.60. The highest BCUT2D eigenvalue weighted by Crippen LogP contribution is 2.20. The maximum Gasteiger partial charge on any atom is 0.243 e. The van der Waals surface area contributed by atoms with Crippen LogP contribution in [0.4, 0.5) is 0 Å². The lowest BCUT2D eigenvalue weighted by Gasteiger charge is -2.27. The normalized spacial score (nSPS) is 21.4. The Morgan fingerprint density at radius 2 is 1.43 bits per heavy atom. The minimum atomic E-state index is -1.35. The molecule has 7 amide bonds. The van der Waals surface area contributed by atoms with Gasteiger partial charge < -0.3 is 54.1 Å². The lowest BCUT2D eigenvalue weighted by molar-refractivity contribution is -0.135. The molecule has 13 N–H and O–H groups in total. The summed E-state index contributed by atoms with van der Waals surface area (Å²) in [6.45, 7) is 1.47. The number of nitrogens with two attached hydrogens (primary N) is 3. The molecule has 0 spiro atoms. The first-order valence-corrected chi connectivity index (χ1v) is 19.9. The van der Waals surface area contributed by atoms with Crippen molar-refractivity contribution in [3.8, 4) is 0 Å². The van der Waals surface area contributed by atoms with Crippen LogP contribution in [0.15, 0.2) is 77.9 Å². The number of rotatable bonds is 10. The average Bonchev–Trinajstić information content (AvgIpc) is 3.62. The monoisotopic (exact) mass is 823 g/mol. The van der Waals surface area contributed by atoms with Gasteiger partial charge in [-0.15, -0.1) is 0 Å². The minimum absolute atomic E-state index is 0.00104. The number of aromatic nitrogens is 1. The fraction of sp³-hybridized carbons (Fsp3) is 0.381. The summed E-state index contributed by atoms with van der Waals surface area (Å²) in [5, 5.41) is 18.8. The van der Waals surface area contributed by atoms with E-state index >= 15 is 0 Å². The Morgan fingerprint density at radius 1 is 0.767 bits per heavy atom. The molecule has 18 nitrogen and oxygen atoms in total. The van der Waals surface area contributed by atoms with E-state index in [4.69, 9.17) is 17.2 Å². The van der Waals surface area contributed by atoms with Gasteiger partial charge in [0.2, 0.25) is 41.4 Å². The Balaban J connectivity index is 1.52. The van der Waals surface area contributed by atoms with Gasteiger partial charge in [0.1, 0.15) is 30.2 Å². The Labute approximate surface area is 346 Å². The molecule has 1 aliphatic rings. The van der Waals surface area contributed by atoms with Gasteiger partial charge in [0.25, 0.3) is 0 Å². The van der Waals surface area contributed by atoms with Crippen molar-refractivity contribution in [2.75, 3.05) is 13.1 Å². The molecule has 1 aromatic heterocycles. The van der Waals surface area contributed by atoms with Gasteiger partial charge in [0.05, 0.1) is 6.42 Å². The van der Waals surface area contributed by atoms with Crippen LogP contribution < -0.4 is 49.1 Å². The molecule has 0 radical (unpaired) electrons. The molecular formula is C42H53N11O7. The molecule has 60 heavy (non-hydrogen) atoms. The highest BCUT2D eigenvalue weighted by molar-refractivity contribution is 5.98. The van der Waals surface area contributed by atoms with E-state index < -0.39 is 78.0 Å². The van der Waals surface area contributed by atoms with Crippen molar-refractivity contribution in [1.82, 2.24) is 36.9 Å². The maximum absolute atomic E-state index is 14.4. The van der Waals surface area contributed by atoms with Gasteiger partial charge in [0, 0.05) is 50.0 Å². The molecule has 0 bridgehead atoms. The Bertz CT molecular complexity index is 2240. The van der Waals surface area contributed by atoms with Crippen LogP contribution in [0.3, 0.4) is 0 Å². The van der Waals surface area contributed by atoms with Gasteiger partial charge in [-0.3, -0.25) is 38.6 Å². The zero-order valence-corrected chi connectivity index (χ0v) is 33.4. The SMILES string of the molecule is CC(=O)NC1CC(=O)NCCCC[C@@H](C(N)=O)NC(=O)[C@H](Cc2c[nH]c3ccccc23)NC(=O)[C@H](CCCN=C(N)N)NC(=O)[C@@H](Cc2ccc3ccccc3c2)NC1=O. The van der Waals surface area contributed by atoms with Crippen LogP contribution in [-0.4, -0.2) is 95.6 Å². The number of para-hydroxylation sites is 1. The molecule has 1 fully saturated rings. The number of aliphatic imine (C=N–C) groups is 1. The topological polar surface area (TPSA) is 298 Å². The third-order valence-electron chi connectivity index (χ3n) is 10.2. The molecule has 1 aliphatic heterocycles. The first-order valence-electron chi connectivity index (χ1n) is 19.9. The van der Waals surface area contributed by atoms with E-state index in [9.17, 15) is 33.6 Å². The van der Waals surface area contributed by atoms with Crippen molar-refractivity contribution in [3.05, 3.63) is 84.1 Å². The zero-order valence-electron chi connectivity index (χ0n) is 33.4. The van der Waals surface area contributed by atoms with Crippen molar-refractivity contribution in [2.24, 2.45) is 22.2 Å². The molecule has 5 rings (SSSR count). The summed E-state index contributed by atoms with van der Waals surface area (Å²) >= 11 is 0. The summed E-state index contributed by atoms with van der Waals surface area (Å²) in [6, 6.07) is 14.3. The summed E-state index contributed by atoms with van der Waals surface area (Å²) in [6.07, 6.45) is 2.35. The van der Waals surface area contributed by atoms with Crippen LogP contribution in [0.25, 0.3) is 21.7 Å². The van der Waals surface area contributed by atoms with Crippen LogP contribution >= 0.6 is 0 Å². The predicted octanol–water partition coefficient (Wildman–Crippen LogP) is -0.221. The second-order valence-corrected chi connectivity index (χ2v) is 14.8. The number of hydrogen-bond acceptors (Lipinski definition) is 8. The smallest absolute Gasteiger partial charge is 0.243 e. The minimum Gasteiger partial charge on any atom is -0.370 e. The molecule has 1 saturated heterocycles. The van der Waals surface area contributed by atoms with Crippen molar-refractivity contribution in [3.63, 3.8) is 0 Å². The van der Waals surface area contributed by atoms with Gasteiger partial charge in [-0.2, -0.15) is 0 Å². The van der Waals surface area contributed by atoms with Gasteiger partial charge in [0.15, 0.2) is 5.96 Å². The van der Waals surface area contributed by atoms with Gasteiger partial charge >= 0.3 is 0 Å². The number of H-pyrrole nitrogens is 1. The summed E-state index contributed by atoms with van der Waals surface area (Å²) in [4.78, 5) is 102. The molecule has 5 atom stereocenters. The third-order valence-corrected chi connectivity index (χ3v) is 10.2. The largest absolute Gasteiger partial charge is 0.370 e. The van der Waals surface area contributed by atoms with Crippen molar-refractivity contribution in [1.29, 1.82) is 0 Å². The summed E-state index contributed by atoms with van der Waals surface area (Å²) in [5.41, 5.74) is 19.0. The first-order chi connectivity index (χ1) is 28.8. The van der Waals surface area contributed by atoms with E-state index in [-0.39, 0.29) is 51.2 Å². The van der Waals surface area contributed by atoms with Crippen molar-refractivity contribution in [2.45, 2.75) is 88.5 Å². The van der Waals surface area contributed by atoms with Crippen LogP contribution in [0, 0.1) is 0 Å². The molecule has 18 heteroatoms. The number of aromatic amines is 1. The molecule has 1 unspecified atom stereocenters. The molecule has 0 saturated carbocycles. The zero-order chi connectivity index (χ0) is 43.2. The van der Waals surface area contributed by atoms with Gasteiger partial charge in [-0.25, -0.2) is 0 Å². The number of nitrogens with zero attached hydrogens (tertiary/aromatic N) is 1. The number of fused-ring (bicyclic) bond motifs is 2. The second kappa shape index (κ2) is 21.1. The van der Waals surface area contributed by atoms with E-state index in [0.717, 1.165) is 21.7 Å². The number of nitrogens with one attached hydrogen (secondary N) is 7. The van der Waals surface area contributed by atoms with Gasteiger partial charge in [-0.05, 0) is 60.1 Å². The quantitative estimate of drug-likeness (QED) is 0.0574. The molecule has 318 valence electrons. The molecule has 4 aromatic rings. The molecule has 3 aromatic carbocycles.